The highest BCUT2D eigenvalue weighted by Crippen LogP contribution is 2.37. The van der Waals surface area contributed by atoms with Gasteiger partial charge in [-0.15, -0.1) is 6.42 Å². The van der Waals surface area contributed by atoms with Crippen molar-refractivity contribution in [1.82, 2.24) is 0 Å². The van der Waals surface area contributed by atoms with Gasteiger partial charge < -0.3 is 14.2 Å². The predicted octanol–water partition coefficient (Wildman–Crippen LogP) is 5.42. The molecule has 2 aromatic carbocycles. The first kappa shape index (κ1) is 21.0. The molecule has 0 amide bonds. The minimum absolute atomic E-state index is 0.0885. The van der Waals surface area contributed by atoms with Crippen LogP contribution in [0.5, 0.6) is 11.5 Å². The Bertz CT molecular complexity index is 901. The molecule has 0 unspecified atom stereocenters. The monoisotopic (exact) mass is 424 g/mol. The maximum absolute atomic E-state index is 11.5. The molecule has 140 valence electrons. The van der Waals surface area contributed by atoms with E-state index in [0.29, 0.717) is 32.1 Å². The second-order valence-corrected chi connectivity index (χ2v) is 6.44. The summed E-state index contributed by atoms with van der Waals surface area (Å²) in [5, 5.41) is 1.23. The third-order valence-electron chi connectivity index (χ3n) is 3.33. The average Bonchev–Trinajstić information content (AvgIpc) is 2.66. The van der Waals surface area contributed by atoms with E-state index in [1.54, 1.807) is 30.3 Å². The van der Waals surface area contributed by atoms with E-state index in [1.165, 1.54) is 19.3 Å². The summed E-state index contributed by atoms with van der Waals surface area (Å²) in [4.78, 5) is 11.5. The van der Waals surface area contributed by atoms with Crippen molar-refractivity contribution >= 4 is 46.8 Å². The molecule has 0 radical (unpaired) electrons. The molecular formula is C20H15Cl3O4. The van der Waals surface area contributed by atoms with E-state index in [4.69, 9.17) is 55.4 Å². The van der Waals surface area contributed by atoms with E-state index in [-0.39, 0.29) is 13.2 Å². The molecule has 0 bridgehead atoms. The summed E-state index contributed by atoms with van der Waals surface area (Å²) in [5.41, 5.74) is 1.46. The molecule has 0 spiro atoms. The van der Waals surface area contributed by atoms with Crippen LogP contribution in [0.25, 0.3) is 6.08 Å². The summed E-state index contributed by atoms with van der Waals surface area (Å²) in [6.07, 6.45) is 7.82. The van der Waals surface area contributed by atoms with Crippen LogP contribution in [-0.2, 0) is 16.1 Å². The number of halogens is 3. The van der Waals surface area contributed by atoms with Gasteiger partial charge in [0.15, 0.2) is 18.1 Å². The van der Waals surface area contributed by atoms with Crippen LogP contribution >= 0.6 is 34.8 Å². The van der Waals surface area contributed by atoms with Crippen LogP contribution in [0.3, 0.4) is 0 Å². The second kappa shape index (κ2) is 10.1. The molecule has 0 saturated carbocycles. The van der Waals surface area contributed by atoms with Crippen LogP contribution in [0.15, 0.2) is 36.4 Å². The molecule has 0 aromatic heterocycles. The van der Waals surface area contributed by atoms with Crippen molar-refractivity contribution in [3.63, 3.8) is 0 Å². The zero-order chi connectivity index (χ0) is 19.8. The van der Waals surface area contributed by atoms with Gasteiger partial charge in [0.1, 0.15) is 6.61 Å². The average molecular weight is 426 g/mol. The summed E-state index contributed by atoms with van der Waals surface area (Å²) >= 11 is 18.2. The Morgan fingerprint density at radius 3 is 2.59 bits per heavy atom. The van der Waals surface area contributed by atoms with Gasteiger partial charge >= 0.3 is 5.97 Å². The molecule has 4 nitrogen and oxygen atoms in total. The van der Waals surface area contributed by atoms with Gasteiger partial charge in [-0.1, -0.05) is 46.8 Å². The van der Waals surface area contributed by atoms with E-state index in [2.05, 4.69) is 5.92 Å². The largest absolute Gasteiger partial charge is 0.493 e. The number of benzene rings is 2. The number of methoxy groups -OCH3 is 1. The molecule has 0 heterocycles. The number of hydrogen-bond donors (Lipinski definition) is 0. The highest BCUT2D eigenvalue weighted by molar-refractivity contribution is 6.42. The van der Waals surface area contributed by atoms with Crippen LogP contribution in [-0.4, -0.2) is 19.7 Å². The highest BCUT2D eigenvalue weighted by atomic mass is 35.5. The van der Waals surface area contributed by atoms with Gasteiger partial charge in [-0.05, 0) is 41.5 Å². The second-order valence-electron chi connectivity index (χ2n) is 5.22. The van der Waals surface area contributed by atoms with Crippen molar-refractivity contribution in [3.8, 4) is 23.8 Å². The van der Waals surface area contributed by atoms with Gasteiger partial charge in [0.25, 0.3) is 0 Å². The number of hydrogen-bond acceptors (Lipinski definition) is 4. The number of carbonyl (C=O) groups excluding carboxylic acids is 1. The van der Waals surface area contributed by atoms with Gasteiger partial charge in [-0.25, -0.2) is 4.79 Å². The van der Waals surface area contributed by atoms with Crippen LogP contribution in [0.1, 0.15) is 11.1 Å². The summed E-state index contributed by atoms with van der Waals surface area (Å²) in [6.45, 7) is 0.134. The first-order valence-electron chi connectivity index (χ1n) is 7.67. The Morgan fingerprint density at radius 2 is 1.93 bits per heavy atom. The lowest BCUT2D eigenvalue weighted by Gasteiger charge is -2.13. The normalized spacial score (nSPS) is 10.5. The Balaban J connectivity index is 2.15. The minimum atomic E-state index is -0.553. The lowest BCUT2D eigenvalue weighted by atomic mass is 10.2. The van der Waals surface area contributed by atoms with Gasteiger partial charge in [0, 0.05) is 6.08 Å². The van der Waals surface area contributed by atoms with Crippen molar-refractivity contribution in [2.75, 3.05) is 13.7 Å². The molecule has 0 aliphatic rings. The summed E-state index contributed by atoms with van der Waals surface area (Å²) in [5.74, 6) is 2.45. The third-order valence-corrected chi connectivity index (χ3v) is 4.35. The molecule has 0 saturated heterocycles. The SMILES string of the molecule is C#CCOC(=O)/C=C/c1cc(Cl)c(OCc2ccc(Cl)c(Cl)c2)c(OC)c1. The topological polar surface area (TPSA) is 44.8 Å². The molecule has 0 aliphatic carbocycles. The zero-order valence-corrected chi connectivity index (χ0v) is 16.6. The lowest BCUT2D eigenvalue weighted by molar-refractivity contribution is -0.136. The predicted molar refractivity (Wildman–Crippen MR) is 108 cm³/mol. The van der Waals surface area contributed by atoms with Gasteiger partial charge in [-0.2, -0.15) is 0 Å². The van der Waals surface area contributed by atoms with Gasteiger partial charge in [0.2, 0.25) is 0 Å². The molecule has 0 fully saturated rings. The third kappa shape index (κ3) is 6.11. The number of terminal acetylenes is 1. The summed E-state index contributed by atoms with van der Waals surface area (Å²) in [6, 6.07) is 8.52. The van der Waals surface area contributed by atoms with Crippen LogP contribution in [0.4, 0.5) is 0 Å². The fourth-order valence-corrected chi connectivity index (χ4v) is 2.68. The molecule has 0 atom stereocenters. The highest BCUT2D eigenvalue weighted by Gasteiger charge is 2.12. The van der Waals surface area contributed by atoms with E-state index < -0.39 is 5.97 Å². The van der Waals surface area contributed by atoms with E-state index in [1.807, 2.05) is 0 Å². The molecule has 0 N–H and O–H groups in total. The van der Waals surface area contributed by atoms with Gasteiger partial charge in [-0.3, -0.25) is 0 Å². The van der Waals surface area contributed by atoms with Crippen LogP contribution in [0, 0.1) is 12.3 Å². The number of esters is 1. The smallest absolute Gasteiger partial charge is 0.331 e. The minimum Gasteiger partial charge on any atom is -0.493 e. The van der Waals surface area contributed by atoms with Crippen LogP contribution in [0.2, 0.25) is 15.1 Å². The van der Waals surface area contributed by atoms with Crippen molar-refractivity contribution < 1.29 is 19.0 Å². The molecular weight excluding hydrogens is 411 g/mol. The van der Waals surface area contributed by atoms with Gasteiger partial charge in [0.05, 0.1) is 22.2 Å². The Hall–Kier alpha value is -2.32. The number of carbonyl (C=O) groups is 1. The van der Waals surface area contributed by atoms with E-state index in [0.717, 1.165) is 5.56 Å². The number of rotatable bonds is 7. The standard InChI is InChI=1S/C20H15Cl3O4/c1-3-8-26-19(24)7-5-13-9-17(23)20(18(11-13)25-2)27-12-14-4-6-15(21)16(22)10-14/h1,4-7,9-11H,8,12H2,2H3/b7-5+. The molecule has 0 aliphatic heterocycles. The molecule has 2 aromatic rings. The maximum Gasteiger partial charge on any atom is 0.331 e. The summed E-state index contributed by atoms with van der Waals surface area (Å²) < 4.78 is 15.9. The maximum atomic E-state index is 11.5. The lowest BCUT2D eigenvalue weighted by Crippen LogP contribution is -2.00. The fraction of sp³-hybridized carbons (Fsp3) is 0.150. The first-order valence-corrected chi connectivity index (χ1v) is 8.80. The number of ether oxygens (including phenoxy) is 3. The molecule has 27 heavy (non-hydrogen) atoms. The first-order chi connectivity index (χ1) is 12.9. The van der Waals surface area contributed by atoms with Crippen molar-refractivity contribution in [2.45, 2.75) is 6.61 Å². The van der Waals surface area contributed by atoms with E-state index >= 15 is 0 Å². The Morgan fingerprint density at radius 1 is 1.15 bits per heavy atom. The fourth-order valence-electron chi connectivity index (χ4n) is 2.09. The van der Waals surface area contributed by atoms with Crippen molar-refractivity contribution in [1.29, 1.82) is 0 Å². The summed E-state index contributed by atoms with van der Waals surface area (Å²) in [7, 11) is 1.49. The molecule has 2 rings (SSSR count). The molecule has 7 heteroatoms. The Kier molecular flexibility index (Phi) is 7.87. The Labute approximate surface area is 172 Å². The van der Waals surface area contributed by atoms with E-state index in [9.17, 15) is 4.79 Å². The van der Waals surface area contributed by atoms with Crippen molar-refractivity contribution in [3.05, 3.63) is 62.6 Å². The quantitative estimate of drug-likeness (QED) is 0.337. The zero-order valence-electron chi connectivity index (χ0n) is 14.3. The van der Waals surface area contributed by atoms with Crippen LogP contribution < -0.4 is 9.47 Å². The van der Waals surface area contributed by atoms with Crippen molar-refractivity contribution in [2.24, 2.45) is 0 Å².